The summed E-state index contributed by atoms with van der Waals surface area (Å²) in [5.74, 6) is -0.132. The van der Waals surface area contributed by atoms with Crippen molar-refractivity contribution in [2.75, 3.05) is 19.5 Å². The first-order valence-corrected chi connectivity index (χ1v) is 7.13. The molecule has 2 N–H and O–H groups in total. The maximum Gasteiger partial charge on any atom is 0.341 e. The number of thioether (sulfide) groups is 1. The predicted molar refractivity (Wildman–Crippen MR) is 81.8 cm³/mol. The number of carboxylic acids is 1. The monoisotopic (exact) mass is 323 g/mol. The van der Waals surface area contributed by atoms with Crippen molar-refractivity contribution >= 4 is 35.0 Å². The molecule has 1 amide bonds. The van der Waals surface area contributed by atoms with E-state index in [0.29, 0.717) is 28.0 Å². The zero-order valence-corrected chi connectivity index (χ0v) is 12.4. The fraction of sp³-hybridized carbons (Fsp3) is 0.231. The molecule has 0 spiro atoms. The highest BCUT2D eigenvalue weighted by Gasteiger charge is 2.15. The summed E-state index contributed by atoms with van der Waals surface area (Å²) in [6, 6.07) is 4.94. The minimum Gasteiger partial charge on any atom is -0.493 e. The number of aliphatic carboxylic acids is 1. The summed E-state index contributed by atoms with van der Waals surface area (Å²) in [6.45, 7) is -0.470. The maximum atomic E-state index is 11.0. The van der Waals surface area contributed by atoms with E-state index in [9.17, 15) is 9.59 Å². The second-order valence-corrected chi connectivity index (χ2v) is 5.04. The molecule has 0 unspecified atom stereocenters. The van der Waals surface area contributed by atoms with Crippen LogP contribution >= 0.6 is 11.8 Å². The fourth-order valence-corrected chi connectivity index (χ4v) is 2.18. The van der Waals surface area contributed by atoms with E-state index >= 15 is 0 Å². The number of ether oxygens (including phenoxy) is 2. The van der Waals surface area contributed by atoms with Crippen LogP contribution in [0.3, 0.4) is 0 Å². The summed E-state index contributed by atoms with van der Waals surface area (Å²) in [7, 11) is 1.46. The van der Waals surface area contributed by atoms with Gasteiger partial charge in [-0.25, -0.2) is 4.79 Å². The van der Waals surface area contributed by atoms with Crippen molar-refractivity contribution in [3.05, 3.63) is 23.8 Å². The molecule has 0 saturated carbocycles. The number of hydrogen-bond donors (Lipinski definition) is 2. The van der Waals surface area contributed by atoms with Crippen LogP contribution in [0.1, 0.15) is 5.56 Å². The molecule has 1 aliphatic rings. The SMILES string of the molecule is COc1ccc(C=NN=C2NC(=O)CS2)cc1OCC(=O)O. The smallest absolute Gasteiger partial charge is 0.341 e. The van der Waals surface area contributed by atoms with Crippen LogP contribution in [0.15, 0.2) is 28.4 Å². The molecule has 1 aliphatic heterocycles. The van der Waals surface area contributed by atoms with Gasteiger partial charge in [-0.05, 0) is 23.8 Å². The van der Waals surface area contributed by atoms with Crippen molar-refractivity contribution in [2.45, 2.75) is 0 Å². The molecule has 1 saturated heterocycles. The molecule has 0 aromatic heterocycles. The number of carbonyl (C=O) groups excluding carboxylic acids is 1. The Balaban J connectivity index is 2.09. The summed E-state index contributed by atoms with van der Waals surface area (Å²) < 4.78 is 10.2. The van der Waals surface area contributed by atoms with Gasteiger partial charge in [-0.2, -0.15) is 5.10 Å². The van der Waals surface area contributed by atoms with Crippen LogP contribution in [0.4, 0.5) is 0 Å². The Morgan fingerprint density at radius 2 is 2.32 bits per heavy atom. The van der Waals surface area contributed by atoms with E-state index in [0.717, 1.165) is 0 Å². The number of rotatable bonds is 6. The Bertz CT molecular complexity index is 645. The summed E-state index contributed by atoms with van der Waals surface area (Å²) in [5.41, 5.74) is 0.653. The topological polar surface area (TPSA) is 110 Å². The molecular weight excluding hydrogens is 310 g/mol. The second kappa shape index (κ2) is 7.46. The Morgan fingerprint density at radius 3 is 2.95 bits per heavy atom. The van der Waals surface area contributed by atoms with E-state index < -0.39 is 12.6 Å². The lowest BCUT2D eigenvalue weighted by molar-refractivity contribution is -0.139. The van der Waals surface area contributed by atoms with Crippen molar-refractivity contribution in [3.63, 3.8) is 0 Å². The molecule has 0 atom stereocenters. The Hall–Kier alpha value is -2.55. The predicted octanol–water partition coefficient (Wildman–Crippen LogP) is 0.711. The highest BCUT2D eigenvalue weighted by molar-refractivity contribution is 8.15. The van der Waals surface area contributed by atoms with Gasteiger partial charge in [-0.3, -0.25) is 4.79 Å². The van der Waals surface area contributed by atoms with Crippen molar-refractivity contribution in [1.82, 2.24) is 5.32 Å². The number of hydrogen-bond acceptors (Lipinski definition) is 7. The summed E-state index contributed by atoms with van der Waals surface area (Å²) in [4.78, 5) is 21.5. The number of nitrogens with one attached hydrogen (secondary N) is 1. The quantitative estimate of drug-likeness (QED) is 0.589. The van der Waals surface area contributed by atoms with Gasteiger partial charge >= 0.3 is 5.97 Å². The third-order valence-electron chi connectivity index (χ3n) is 2.48. The number of methoxy groups -OCH3 is 1. The number of nitrogens with zero attached hydrogens (tertiary/aromatic N) is 2. The van der Waals surface area contributed by atoms with Gasteiger partial charge in [0, 0.05) is 0 Å². The van der Waals surface area contributed by atoms with Gasteiger partial charge in [0.05, 0.1) is 19.1 Å². The molecule has 22 heavy (non-hydrogen) atoms. The average Bonchev–Trinajstić information content (AvgIpc) is 2.91. The first-order valence-electron chi connectivity index (χ1n) is 6.15. The minimum absolute atomic E-state index is 0.104. The number of amides is 1. The van der Waals surface area contributed by atoms with Gasteiger partial charge in [0.1, 0.15) is 0 Å². The molecule has 8 nitrogen and oxygen atoms in total. The number of benzene rings is 1. The van der Waals surface area contributed by atoms with Crippen LogP contribution in [-0.2, 0) is 9.59 Å². The molecule has 116 valence electrons. The van der Waals surface area contributed by atoms with Crippen molar-refractivity contribution in [1.29, 1.82) is 0 Å². The van der Waals surface area contributed by atoms with E-state index in [1.807, 2.05) is 0 Å². The Labute approximate surface area is 130 Å². The van der Waals surface area contributed by atoms with Crippen LogP contribution in [0.5, 0.6) is 11.5 Å². The summed E-state index contributed by atoms with van der Waals surface area (Å²) >= 11 is 1.27. The van der Waals surface area contributed by atoms with E-state index in [4.69, 9.17) is 14.6 Å². The Morgan fingerprint density at radius 1 is 1.50 bits per heavy atom. The largest absolute Gasteiger partial charge is 0.493 e. The van der Waals surface area contributed by atoms with Gasteiger partial charge < -0.3 is 19.9 Å². The van der Waals surface area contributed by atoms with Crippen molar-refractivity contribution in [3.8, 4) is 11.5 Å². The Kier molecular flexibility index (Phi) is 5.37. The van der Waals surface area contributed by atoms with Crippen LogP contribution < -0.4 is 14.8 Å². The van der Waals surface area contributed by atoms with Gasteiger partial charge in [-0.15, -0.1) is 5.10 Å². The maximum absolute atomic E-state index is 11.0. The molecule has 0 radical (unpaired) electrons. The normalized spacial score (nSPS) is 16.0. The summed E-state index contributed by atoms with van der Waals surface area (Å²) in [5, 5.41) is 19.4. The zero-order chi connectivity index (χ0) is 15.9. The lowest BCUT2D eigenvalue weighted by Crippen LogP contribution is -2.19. The molecule has 1 aromatic rings. The third-order valence-corrected chi connectivity index (χ3v) is 3.34. The van der Waals surface area contributed by atoms with Crippen LogP contribution in [0.2, 0.25) is 0 Å². The van der Waals surface area contributed by atoms with Gasteiger partial charge in [-0.1, -0.05) is 11.8 Å². The zero-order valence-electron chi connectivity index (χ0n) is 11.6. The highest BCUT2D eigenvalue weighted by atomic mass is 32.2. The number of amidine groups is 1. The lowest BCUT2D eigenvalue weighted by atomic mass is 10.2. The van der Waals surface area contributed by atoms with E-state index in [1.54, 1.807) is 18.2 Å². The molecule has 1 aromatic carbocycles. The van der Waals surface area contributed by atoms with E-state index in [2.05, 4.69) is 15.5 Å². The highest BCUT2D eigenvalue weighted by Crippen LogP contribution is 2.27. The number of carboxylic acid groups (broad SMARTS) is 1. The molecule has 0 bridgehead atoms. The average molecular weight is 323 g/mol. The van der Waals surface area contributed by atoms with E-state index in [1.165, 1.54) is 25.1 Å². The van der Waals surface area contributed by atoms with Crippen molar-refractivity contribution < 1.29 is 24.2 Å². The minimum atomic E-state index is -1.08. The van der Waals surface area contributed by atoms with Crippen LogP contribution in [-0.4, -0.2) is 47.8 Å². The first kappa shape index (κ1) is 15.8. The van der Waals surface area contributed by atoms with Gasteiger partial charge in [0.15, 0.2) is 23.3 Å². The van der Waals surface area contributed by atoms with Crippen molar-refractivity contribution in [2.24, 2.45) is 10.2 Å². The van der Waals surface area contributed by atoms with Gasteiger partial charge in [0.2, 0.25) is 5.91 Å². The number of carbonyl (C=O) groups is 2. The lowest BCUT2D eigenvalue weighted by Gasteiger charge is -2.09. The molecular formula is C13H13N3O5S. The third kappa shape index (κ3) is 4.48. The fourth-order valence-electron chi connectivity index (χ4n) is 1.55. The van der Waals surface area contributed by atoms with Gasteiger partial charge in [0.25, 0.3) is 0 Å². The first-order chi connectivity index (χ1) is 10.6. The molecule has 0 aliphatic carbocycles. The molecule has 2 rings (SSSR count). The van der Waals surface area contributed by atoms with E-state index in [-0.39, 0.29) is 5.91 Å². The molecule has 1 heterocycles. The molecule has 9 heteroatoms. The molecule has 1 fully saturated rings. The standard InChI is InChI=1S/C13H13N3O5S/c1-20-9-3-2-8(4-10(9)21-6-12(18)19)5-14-16-13-15-11(17)7-22-13/h2-5H,6-7H2,1H3,(H,18,19)(H,15,16,17). The second-order valence-electron chi connectivity index (χ2n) is 4.08. The van der Waals surface area contributed by atoms with Crippen LogP contribution in [0.25, 0.3) is 0 Å². The summed E-state index contributed by atoms with van der Waals surface area (Å²) in [6.07, 6.45) is 1.46. The van der Waals surface area contributed by atoms with Crippen LogP contribution in [0, 0.1) is 0 Å².